The Labute approximate surface area is 155 Å². The standard InChI is InChI=1S/C18H19N7O2/c1-11-23-14-9-22-16-13(4-6-20-16)15(14)17(24-11)25-8-2-3-12(10-25)27-18(26)21-7-5-19/h4,6,9,12H,2-3,7-8,10H2,1H3,(H,20,22)(H,21,26). The van der Waals surface area contributed by atoms with E-state index in [1.807, 2.05) is 25.3 Å². The van der Waals surface area contributed by atoms with Crippen molar-refractivity contribution >= 4 is 33.8 Å². The molecule has 1 aliphatic rings. The second kappa shape index (κ2) is 7.07. The van der Waals surface area contributed by atoms with Gasteiger partial charge in [0.05, 0.1) is 29.7 Å². The van der Waals surface area contributed by atoms with Crippen molar-refractivity contribution in [2.24, 2.45) is 0 Å². The van der Waals surface area contributed by atoms with Gasteiger partial charge in [-0.25, -0.2) is 19.7 Å². The third-order valence-electron chi connectivity index (χ3n) is 4.60. The van der Waals surface area contributed by atoms with Crippen LogP contribution in [0.25, 0.3) is 21.9 Å². The Kier molecular flexibility index (Phi) is 4.46. The van der Waals surface area contributed by atoms with Crippen molar-refractivity contribution in [1.29, 1.82) is 5.26 Å². The number of ether oxygens (including phenoxy) is 1. The lowest BCUT2D eigenvalue weighted by Gasteiger charge is -2.33. The lowest BCUT2D eigenvalue weighted by atomic mass is 10.1. The number of nitrogens with zero attached hydrogens (tertiary/aromatic N) is 5. The molecule has 3 aromatic heterocycles. The quantitative estimate of drug-likeness (QED) is 0.681. The number of amides is 1. The normalized spacial score (nSPS) is 17.0. The average Bonchev–Trinajstić information content (AvgIpc) is 3.14. The second-order valence-electron chi connectivity index (χ2n) is 6.48. The molecule has 4 rings (SSSR count). The van der Waals surface area contributed by atoms with Crippen LogP contribution in [-0.4, -0.2) is 51.8 Å². The average molecular weight is 365 g/mol. The fourth-order valence-corrected chi connectivity index (χ4v) is 3.49. The van der Waals surface area contributed by atoms with Crippen LogP contribution in [0.5, 0.6) is 0 Å². The molecular formula is C18H19N7O2. The first-order valence-electron chi connectivity index (χ1n) is 8.82. The highest BCUT2D eigenvalue weighted by molar-refractivity contribution is 6.09. The van der Waals surface area contributed by atoms with E-state index in [0.717, 1.165) is 47.1 Å². The fourth-order valence-electron chi connectivity index (χ4n) is 3.49. The SMILES string of the molecule is Cc1nc(N2CCCC(OC(=O)NCC#N)C2)c2c(cnc3[nH]ccc32)n1. The summed E-state index contributed by atoms with van der Waals surface area (Å²) in [6.45, 7) is 3.15. The number of aryl methyl sites for hydroxylation is 1. The van der Waals surface area contributed by atoms with E-state index in [4.69, 9.17) is 15.0 Å². The minimum Gasteiger partial charge on any atom is -0.444 e. The molecule has 138 valence electrons. The van der Waals surface area contributed by atoms with E-state index in [0.29, 0.717) is 12.4 Å². The number of carbonyl (C=O) groups is 1. The molecule has 27 heavy (non-hydrogen) atoms. The molecular weight excluding hydrogens is 346 g/mol. The van der Waals surface area contributed by atoms with Crippen LogP contribution in [0, 0.1) is 18.3 Å². The molecule has 9 nitrogen and oxygen atoms in total. The van der Waals surface area contributed by atoms with Gasteiger partial charge < -0.3 is 19.9 Å². The van der Waals surface area contributed by atoms with Crippen LogP contribution in [0.15, 0.2) is 18.5 Å². The number of aromatic nitrogens is 4. The van der Waals surface area contributed by atoms with Crippen LogP contribution < -0.4 is 10.2 Å². The molecule has 4 heterocycles. The molecule has 1 saturated heterocycles. The smallest absolute Gasteiger partial charge is 0.408 e. The second-order valence-corrected chi connectivity index (χ2v) is 6.48. The predicted molar refractivity (Wildman–Crippen MR) is 99.3 cm³/mol. The summed E-state index contributed by atoms with van der Waals surface area (Å²) < 4.78 is 5.46. The van der Waals surface area contributed by atoms with Gasteiger partial charge in [0.1, 0.15) is 29.9 Å². The Bertz CT molecular complexity index is 1040. The number of piperidine rings is 1. The molecule has 9 heteroatoms. The maximum Gasteiger partial charge on any atom is 0.408 e. The summed E-state index contributed by atoms with van der Waals surface area (Å²) in [6, 6.07) is 3.84. The zero-order valence-electron chi connectivity index (χ0n) is 14.9. The summed E-state index contributed by atoms with van der Waals surface area (Å²) in [5.74, 6) is 1.50. The topological polar surface area (TPSA) is 120 Å². The first kappa shape index (κ1) is 17.0. The van der Waals surface area contributed by atoms with Gasteiger partial charge in [-0.3, -0.25) is 0 Å². The number of alkyl carbamates (subject to hydrolysis) is 1. The summed E-state index contributed by atoms with van der Waals surface area (Å²) in [5, 5.41) is 12.9. The number of pyridine rings is 1. The first-order valence-corrected chi connectivity index (χ1v) is 8.82. The Morgan fingerprint density at radius 1 is 1.52 bits per heavy atom. The molecule has 0 bridgehead atoms. The fraction of sp³-hybridized carbons (Fsp3) is 0.389. The number of nitriles is 1. The van der Waals surface area contributed by atoms with Crippen molar-refractivity contribution in [2.45, 2.75) is 25.9 Å². The van der Waals surface area contributed by atoms with E-state index in [1.54, 1.807) is 6.20 Å². The molecule has 0 spiro atoms. The van der Waals surface area contributed by atoms with Crippen molar-refractivity contribution in [3.05, 3.63) is 24.3 Å². The Morgan fingerprint density at radius 2 is 2.41 bits per heavy atom. The van der Waals surface area contributed by atoms with Crippen molar-refractivity contribution in [2.75, 3.05) is 24.5 Å². The molecule has 0 radical (unpaired) electrons. The number of hydrogen-bond donors (Lipinski definition) is 2. The zero-order valence-corrected chi connectivity index (χ0v) is 14.9. The van der Waals surface area contributed by atoms with Gasteiger partial charge in [0.15, 0.2) is 0 Å². The van der Waals surface area contributed by atoms with Crippen molar-refractivity contribution < 1.29 is 9.53 Å². The summed E-state index contributed by atoms with van der Waals surface area (Å²) in [4.78, 5) is 30.7. The molecule has 0 aromatic carbocycles. The van der Waals surface area contributed by atoms with Gasteiger partial charge in [-0.1, -0.05) is 0 Å². The van der Waals surface area contributed by atoms with Gasteiger partial charge in [0, 0.05) is 18.1 Å². The maximum atomic E-state index is 11.8. The Hall–Kier alpha value is -3.41. The van der Waals surface area contributed by atoms with Crippen molar-refractivity contribution in [1.82, 2.24) is 25.3 Å². The van der Waals surface area contributed by atoms with E-state index < -0.39 is 6.09 Å². The number of hydrogen-bond acceptors (Lipinski definition) is 7. The van der Waals surface area contributed by atoms with E-state index >= 15 is 0 Å². The van der Waals surface area contributed by atoms with Crippen LogP contribution >= 0.6 is 0 Å². The summed E-state index contributed by atoms with van der Waals surface area (Å²) in [5.41, 5.74) is 1.58. The molecule has 2 N–H and O–H groups in total. The Balaban J connectivity index is 1.66. The highest BCUT2D eigenvalue weighted by atomic mass is 16.6. The van der Waals surface area contributed by atoms with Gasteiger partial charge in [-0.2, -0.15) is 5.26 Å². The highest BCUT2D eigenvalue weighted by Crippen LogP contribution is 2.31. The number of anilines is 1. The third-order valence-corrected chi connectivity index (χ3v) is 4.60. The molecule has 1 amide bonds. The van der Waals surface area contributed by atoms with Crippen LogP contribution in [0.3, 0.4) is 0 Å². The van der Waals surface area contributed by atoms with Gasteiger partial charge in [0.2, 0.25) is 0 Å². The van der Waals surface area contributed by atoms with Crippen LogP contribution in [0.2, 0.25) is 0 Å². The van der Waals surface area contributed by atoms with Crippen molar-refractivity contribution in [3.63, 3.8) is 0 Å². The van der Waals surface area contributed by atoms with Crippen LogP contribution in [0.4, 0.5) is 10.6 Å². The largest absolute Gasteiger partial charge is 0.444 e. The summed E-state index contributed by atoms with van der Waals surface area (Å²) >= 11 is 0. The van der Waals surface area contributed by atoms with Gasteiger partial charge in [0.25, 0.3) is 0 Å². The molecule has 1 fully saturated rings. The van der Waals surface area contributed by atoms with Crippen LogP contribution in [-0.2, 0) is 4.74 Å². The number of rotatable bonds is 3. The molecule has 1 aliphatic heterocycles. The first-order chi connectivity index (χ1) is 13.2. The van der Waals surface area contributed by atoms with E-state index in [-0.39, 0.29) is 12.6 Å². The van der Waals surface area contributed by atoms with Crippen molar-refractivity contribution in [3.8, 4) is 6.07 Å². The third kappa shape index (κ3) is 3.33. The monoisotopic (exact) mass is 365 g/mol. The Morgan fingerprint density at radius 3 is 3.26 bits per heavy atom. The number of carbonyl (C=O) groups excluding carboxylic acids is 1. The minimum atomic E-state index is -0.565. The lowest BCUT2D eigenvalue weighted by molar-refractivity contribution is 0.0892. The summed E-state index contributed by atoms with van der Waals surface area (Å²) in [7, 11) is 0. The number of aromatic amines is 1. The molecule has 0 aliphatic carbocycles. The number of nitrogens with one attached hydrogen (secondary N) is 2. The molecule has 1 unspecified atom stereocenters. The predicted octanol–water partition coefficient (Wildman–Crippen LogP) is 2.03. The van der Waals surface area contributed by atoms with Gasteiger partial charge in [-0.15, -0.1) is 0 Å². The zero-order chi connectivity index (χ0) is 18.8. The van der Waals surface area contributed by atoms with E-state index in [9.17, 15) is 4.79 Å². The van der Waals surface area contributed by atoms with E-state index in [1.165, 1.54) is 0 Å². The number of H-pyrrole nitrogens is 1. The lowest BCUT2D eigenvalue weighted by Crippen LogP contribution is -2.42. The van der Waals surface area contributed by atoms with Gasteiger partial charge >= 0.3 is 6.09 Å². The minimum absolute atomic E-state index is 0.0660. The maximum absolute atomic E-state index is 11.8. The highest BCUT2D eigenvalue weighted by Gasteiger charge is 2.26. The number of fused-ring (bicyclic) bond motifs is 3. The van der Waals surface area contributed by atoms with Crippen LogP contribution in [0.1, 0.15) is 18.7 Å². The molecule has 0 saturated carbocycles. The van der Waals surface area contributed by atoms with Gasteiger partial charge in [-0.05, 0) is 25.8 Å². The molecule has 1 atom stereocenters. The summed E-state index contributed by atoms with van der Waals surface area (Å²) in [6.07, 6.45) is 4.43. The van der Waals surface area contributed by atoms with E-state index in [2.05, 4.69) is 25.2 Å². The molecule has 3 aromatic rings.